The molecule has 2 nitrogen and oxygen atoms in total. The summed E-state index contributed by atoms with van der Waals surface area (Å²) in [7, 11) is 0. The highest BCUT2D eigenvalue weighted by Crippen LogP contribution is 2.64. The minimum Gasteiger partial charge on any atom is -0.390 e. The van der Waals surface area contributed by atoms with Gasteiger partial charge < -0.3 is 5.11 Å². The molecule has 4 aliphatic rings. The van der Waals surface area contributed by atoms with Gasteiger partial charge in [-0.2, -0.15) is 0 Å². The molecule has 130 valence electrons. The fourth-order valence-electron chi connectivity index (χ4n) is 6.76. The van der Waals surface area contributed by atoms with E-state index in [-0.39, 0.29) is 36.0 Å². The van der Waals surface area contributed by atoms with Crippen molar-refractivity contribution in [1.82, 2.24) is 0 Å². The van der Waals surface area contributed by atoms with Crippen LogP contribution in [-0.2, 0) is 4.79 Å². The number of fused-ring (bicyclic) bond motifs is 5. The second-order valence-electron chi connectivity index (χ2n) is 9.33. The topological polar surface area (TPSA) is 37.3 Å². The first-order valence-corrected chi connectivity index (χ1v) is 9.28. The van der Waals surface area contributed by atoms with Crippen LogP contribution in [-0.4, -0.2) is 22.4 Å². The predicted octanol–water partition coefficient (Wildman–Crippen LogP) is 4.20. The molecule has 0 bridgehead atoms. The molecule has 0 aliphatic heterocycles. The van der Waals surface area contributed by atoms with E-state index in [0.717, 1.165) is 19.3 Å². The first kappa shape index (κ1) is 16.0. The van der Waals surface area contributed by atoms with Gasteiger partial charge in [-0.15, -0.1) is 0 Å². The van der Waals surface area contributed by atoms with Gasteiger partial charge in [-0.3, -0.25) is 4.79 Å². The van der Waals surface area contributed by atoms with Crippen LogP contribution in [0.3, 0.4) is 0 Å². The van der Waals surface area contributed by atoms with Gasteiger partial charge in [-0.25, -0.2) is 8.78 Å². The van der Waals surface area contributed by atoms with E-state index >= 15 is 0 Å². The minimum absolute atomic E-state index is 0.000464. The lowest BCUT2D eigenvalue weighted by Crippen LogP contribution is -2.57. The maximum absolute atomic E-state index is 14.9. The van der Waals surface area contributed by atoms with Gasteiger partial charge in [0, 0.05) is 24.2 Å². The Kier molecular flexibility index (Phi) is 3.32. The lowest BCUT2D eigenvalue weighted by Gasteiger charge is -2.57. The van der Waals surface area contributed by atoms with Gasteiger partial charge in [0.15, 0.2) is 0 Å². The number of carbonyl (C=O) groups is 1. The third-order valence-corrected chi connectivity index (χ3v) is 7.99. The van der Waals surface area contributed by atoms with Gasteiger partial charge in [0.2, 0.25) is 0 Å². The summed E-state index contributed by atoms with van der Waals surface area (Å²) in [6.07, 6.45) is 4.70. The quantitative estimate of drug-likeness (QED) is 0.724. The lowest BCUT2D eigenvalue weighted by molar-refractivity contribution is -0.208. The summed E-state index contributed by atoms with van der Waals surface area (Å²) in [5.74, 6) is -2.54. The fraction of sp³-hybridized carbons (Fsp3) is 0.947. The number of aliphatic hydroxyl groups is 1. The first-order valence-electron chi connectivity index (χ1n) is 9.28. The Morgan fingerprint density at radius 2 is 1.65 bits per heavy atom. The van der Waals surface area contributed by atoms with Crippen molar-refractivity contribution in [3.63, 3.8) is 0 Å². The fourth-order valence-corrected chi connectivity index (χ4v) is 6.76. The summed E-state index contributed by atoms with van der Waals surface area (Å²) in [6.45, 7) is 3.73. The summed E-state index contributed by atoms with van der Waals surface area (Å²) in [4.78, 5) is 12.3. The van der Waals surface area contributed by atoms with Gasteiger partial charge in [0.05, 0.1) is 5.60 Å². The third kappa shape index (κ3) is 2.23. The Morgan fingerprint density at radius 1 is 0.957 bits per heavy atom. The largest absolute Gasteiger partial charge is 0.390 e. The van der Waals surface area contributed by atoms with E-state index < -0.39 is 17.4 Å². The highest BCUT2D eigenvalue weighted by molar-refractivity contribution is 5.87. The molecule has 0 radical (unpaired) electrons. The van der Waals surface area contributed by atoms with Crippen LogP contribution in [0, 0.1) is 35.0 Å². The number of alkyl halides is 2. The Balaban J connectivity index is 1.66. The van der Waals surface area contributed by atoms with Crippen molar-refractivity contribution in [2.75, 3.05) is 0 Å². The minimum atomic E-state index is -2.69. The molecule has 4 fully saturated rings. The van der Waals surface area contributed by atoms with Crippen molar-refractivity contribution in [3.8, 4) is 0 Å². The zero-order valence-corrected chi connectivity index (χ0v) is 14.2. The maximum Gasteiger partial charge on any atom is 0.251 e. The monoisotopic (exact) mass is 326 g/mol. The zero-order valence-electron chi connectivity index (χ0n) is 14.2. The molecular formula is C19H28F2O2. The van der Waals surface area contributed by atoms with Gasteiger partial charge in [-0.05, 0) is 69.1 Å². The summed E-state index contributed by atoms with van der Waals surface area (Å²) in [5, 5.41) is 10.3. The van der Waals surface area contributed by atoms with Crippen LogP contribution < -0.4 is 0 Å². The van der Waals surface area contributed by atoms with Crippen LogP contribution in [0.1, 0.15) is 65.2 Å². The number of rotatable bonds is 0. The Labute approximate surface area is 137 Å². The van der Waals surface area contributed by atoms with E-state index in [9.17, 15) is 18.7 Å². The van der Waals surface area contributed by atoms with Gasteiger partial charge in [0.25, 0.3) is 5.92 Å². The molecule has 4 saturated carbocycles. The molecule has 0 spiro atoms. The van der Waals surface area contributed by atoms with Crippen molar-refractivity contribution in [1.29, 1.82) is 0 Å². The van der Waals surface area contributed by atoms with Crippen molar-refractivity contribution in [2.24, 2.45) is 35.0 Å². The molecule has 1 unspecified atom stereocenters. The van der Waals surface area contributed by atoms with Crippen molar-refractivity contribution < 1.29 is 18.7 Å². The van der Waals surface area contributed by atoms with E-state index in [1.165, 1.54) is 0 Å². The number of hydrogen-bond donors (Lipinski definition) is 1. The van der Waals surface area contributed by atoms with Crippen LogP contribution in [0.2, 0.25) is 0 Å². The first-order chi connectivity index (χ1) is 10.6. The Hall–Kier alpha value is -0.510. The number of carbonyl (C=O) groups excluding carboxylic acids is 1. The SMILES string of the molecule is C[C@@]1(O)CC[C@H]2C(C1)C(F)(F)C[C@@H]1[C@@H]2CC[C@]2(C)C(=O)CC[C@@H]12. The van der Waals surface area contributed by atoms with E-state index in [4.69, 9.17) is 0 Å². The van der Waals surface area contributed by atoms with Crippen LogP contribution in [0.5, 0.6) is 0 Å². The highest BCUT2D eigenvalue weighted by atomic mass is 19.3. The smallest absolute Gasteiger partial charge is 0.251 e. The molecular weight excluding hydrogens is 298 g/mol. The van der Waals surface area contributed by atoms with Crippen LogP contribution in [0.4, 0.5) is 8.78 Å². The second kappa shape index (κ2) is 4.77. The molecule has 0 aromatic rings. The number of Topliss-reactive ketones (excluding diaryl/α,β-unsaturated/α-hetero) is 1. The molecule has 0 saturated heterocycles. The molecule has 0 amide bonds. The van der Waals surface area contributed by atoms with Crippen molar-refractivity contribution in [2.45, 2.75) is 76.7 Å². The zero-order chi connectivity index (χ0) is 16.6. The predicted molar refractivity (Wildman–Crippen MR) is 83.1 cm³/mol. The molecule has 0 heterocycles. The number of hydrogen-bond acceptors (Lipinski definition) is 2. The Bertz CT molecular complexity index is 529. The average molecular weight is 326 g/mol. The van der Waals surface area contributed by atoms with Gasteiger partial charge in [-0.1, -0.05) is 6.92 Å². The van der Waals surface area contributed by atoms with Crippen LogP contribution in [0.25, 0.3) is 0 Å². The second-order valence-corrected chi connectivity index (χ2v) is 9.33. The molecule has 1 N–H and O–H groups in total. The third-order valence-electron chi connectivity index (χ3n) is 7.99. The molecule has 0 aromatic heterocycles. The van der Waals surface area contributed by atoms with E-state index in [2.05, 4.69) is 0 Å². The molecule has 7 atom stereocenters. The Morgan fingerprint density at radius 3 is 2.39 bits per heavy atom. The lowest BCUT2D eigenvalue weighted by atomic mass is 9.49. The summed E-state index contributed by atoms with van der Waals surface area (Å²) < 4.78 is 29.9. The average Bonchev–Trinajstić information content (AvgIpc) is 2.75. The van der Waals surface area contributed by atoms with Gasteiger partial charge in [0.1, 0.15) is 5.78 Å². The van der Waals surface area contributed by atoms with Crippen LogP contribution in [0.15, 0.2) is 0 Å². The van der Waals surface area contributed by atoms with E-state index in [0.29, 0.717) is 31.0 Å². The summed E-state index contributed by atoms with van der Waals surface area (Å²) in [6, 6.07) is 0. The van der Waals surface area contributed by atoms with E-state index in [1.807, 2.05) is 6.92 Å². The van der Waals surface area contributed by atoms with Crippen LogP contribution >= 0.6 is 0 Å². The highest BCUT2D eigenvalue weighted by Gasteiger charge is 2.63. The van der Waals surface area contributed by atoms with Crippen molar-refractivity contribution in [3.05, 3.63) is 0 Å². The standard InChI is InChI=1S/C19H28F2O2/c1-17(23)7-5-12-11-6-8-18(2)14(3-4-16(18)22)13(11)9-19(20,21)15(12)10-17/h11-15,23H,3-10H2,1-2H3/t11-,12-,13-,14+,15?,17-,18+/m1/s1. The number of ketones is 1. The van der Waals surface area contributed by atoms with Gasteiger partial charge >= 0.3 is 0 Å². The molecule has 23 heavy (non-hydrogen) atoms. The molecule has 4 aliphatic carbocycles. The molecule has 4 heteroatoms. The molecule has 0 aromatic carbocycles. The summed E-state index contributed by atoms with van der Waals surface area (Å²) >= 11 is 0. The maximum atomic E-state index is 14.9. The number of halogens is 2. The van der Waals surface area contributed by atoms with E-state index in [1.54, 1.807) is 6.92 Å². The normalized spacial score (nSPS) is 55.0. The van der Waals surface area contributed by atoms with Crippen molar-refractivity contribution >= 4 is 5.78 Å². The molecule has 4 rings (SSSR count). The summed E-state index contributed by atoms with van der Waals surface area (Å²) in [5.41, 5.74) is -1.28.